The second kappa shape index (κ2) is 7.96. The fourth-order valence-corrected chi connectivity index (χ4v) is 3.86. The van der Waals surface area contributed by atoms with E-state index in [0.29, 0.717) is 24.4 Å². The van der Waals surface area contributed by atoms with Gasteiger partial charge in [0.15, 0.2) is 0 Å². The number of fused-ring (bicyclic) bond motifs is 1. The topological polar surface area (TPSA) is 49.4 Å². The number of rotatable bonds is 4. The predicted octanol–water partition coefficient (Wildman–Crippen LogP) is 4.52. The highest BCUT2D eigenvalue weighted by Gasteiger charge is 2.18. The maximum absolute atomic E-state index is 12.8. The minimum absolute atomic E-state index is 0.000513. The molecule has 0 radical (unpaired) electrons. The number of carbonyl (C=O) groups excluding carboxylic acids is 2. The van der Waals surface area contributed by atoms with Crippen molar-refractivity contribution in [1.82, 2.24) is 4.90 Å². The maximum Gasteiger partial charge on any atom is 0.253 e. The summed E-state index contributed by atoms with van der Waals surface area (Å²) < 4.78 is 0. The lowest BCUT2D eigenvalue weighted by atomic mass is 10.0. The molecule has 2 amide bonds. The molecule has 0 fully saturated rings. The van der Waals surface area contributed by atoms with Crippen molar-refractivity contribution >= 4 is 29.3 Å². The third-order valence-electron chi connectivity index (χ3n) is 4.50. The van der Waals surface area contributed by atoms with Crippen molar-refractivity contribution in [1.29, 1.82) is 0 Å². The van der Waals surface area contributed by atoms with Gasteiger partial charge in [0.05, 0.1) is 5.69 Å². The fraction of sp³-hybridized carbons (Fsp3) is 0.333. The van der Waals surface area contributed by atoms with Crippen LogP contribution in [-0.4, -0.2) is 29.5 Å². The first kappa shape index (κ1) is 18.5. The Hall–Kier alpha value is -2.27. The molecule has 3 rings (SSSR count). The highest BCUT2D eigenvalue weighted by Crippen LogP contribution is 2.31. The smallest absolute Gasteiger partial charge is 0.253 e. The summed E-state index contributed by atoms with van der Waals surface area (Å²) >= 11 is 1.64. The molecule has 0 saturated heterocycles. The van der Waals surface area contributed by atoms with E-state index in [4.69, 9.17) is 0 Å². The number of hydrogen-bond acceptors (Lipinski definition) is 3. The zero-order valence-corrected chi connectivity index (χ0v) is 16.2. The van der Waals surface area contributed by atoms with E-state index in [1.807, 2.05) is 12.1 Å². The highest BCUT2D eigenvalue weighted by molar-refractivity contribution is 7.99. The lowest BCUT2D eigenvalue weighted by Gasteiger charge is -2.19. The summed E-state index contributed by atoms with van der Waals surface area (Å²) in [5.74, 6) is 1.21. The number of nitrogens with zero attached hydrogens (tertiary/aromatic N) is 1. The lowest BCUT2D eigenvalue weighted by Crippen LogP contribution is -2.26. The molecule has 0 bridgehead atoms. The number of carbonyl (C=O) groups is 2. The molecule has 0 spiro atoms. The van der Waals surface area contributed by atoms with Crippen molar-refractivity contribution in [2.75, 3.05) is 18.1 Å². The van der Waals surface area contributed by atoms with Crippen LogP contribution in [0.25, 0.3) is 0 Å². The molecule has 5 heteroatoms. The van der Waals surface area contributed by atoms with Gasteiger partial charge in [0, 0.05) is 36.2 Å². The van der Waals surface area contributed by atoms with Crippen LogP contribution in [0.2, 0.25) is 0 Å². The molecule has 0 aromatic heterocycles. The first-order valence-corrected chi connectivity index (χ1v) is 9.83. The first-order chi connectivity index (χ1) is 12.4. The summed E-state index contributed by atoms with van der Waals surface area (Å²) in [5.41, 5.74) is 3.72. The molecule has 1 aliphatic rings. The Morgan fingerprint density at radius 1 is 1.19 bits per heavy atom. The standard InChI is InChI=1S/C21H24N2O2S/c1-14(2)16-6-4-15(5-7-16)13-23(3)21(25)17-8-9-19-18(12-17)22-20(24)10-11-26-19/h4-9,12,14H,10-11,13H2,1-3H3,(H,22,24). The zero-order chi connectivity index (χ0) is 18.7. The van der Waals surface area contributed by atoms with Gasteiger partial charge in [-0.3, -0.25) is 9.59 Å². The molecule has 0 aliphatic carbocycles. The van der Waals surface area contributed by atoms with Crippen LogP contribution >= 0.6 is 11.8 Å². The lowest BCUT2D eigenvalue weighted by molar-refractivity contribution is -0.115. The molecule has 0 atom stereocenters. The minimum Gasteiger partial charge on any atom is -0.337 e. The Kier molecular flexibility index (Phi) is 5.67. The van der Waals surface area contributed by atoms with E-state index in [9.17, 15) is 9.59 Å². The molecule has 136 valence electrons. The van der Waals surface area contributed by atoms with Gasteiger partial charge in [-0.2, -0.15) is 0 Å². The molecule has 0 saturated carbocycles. The summed E-state index contributed by atoms with van der Waals surface area (Å²) in [4.78, 5) is 27.3. The Morgan fingerprint density at radius 3 is 2.62 bits per heavy atom. The van der Waals surface area contributed by atoms with Crippen molar-refractivity contribution < 1.29 is 9.59 Å². The number of anilines is 1. The van der Waals surface area contributed by atoms with Crippen LogP contribution in [-0.2, 0) is 11.3 Å². The highest BCUT2D eigenvalue weighted by atomic mass is 32.2. The van der Waals surface area contributed by atoms with Crippen molar-refractivity contribution in [2.24, 2.45) is 0 Å². The second-order valence-electron chi connectivity index (χ2n) is 6.92. The van der Waals surface area contributed by atoms with Crippen LogP contribution in [0, 0.1) is 0 Å². The average Bonchev–Trinajstić information content (AvgIpc) is 2.81. The van der Waals surface area contributed by atoms with Crippen LogP contribution < -0.4 is 5.32 Å². The van der Waals surface area contributed by atoms with E-state index in [0.717, 1.165) is 21.9 Å². The summed E-state index contributed by atoms with van der Waals surface area (Å²) in [5, 5.41) is 2.89. The molecular weight excluding hydrogens is 344 g/mol. The van der Waals surface area contributed by atoms with Gasteiger partial charge < -0.3 is 10.2 Å². The molecule has 1 N–H and O–H groups in total. The Bertz CT molecular complexity index is 815. The number of thioether (sulfide) groups is 1. The van der Waals surface area contributed by atoms with E-state index in [-0.39, 0.29) is 11.8 Å². The van der Waals surface area contributed by atoms with Crippen LogP contribution in [0.1, 0.15) is 47.7 Å². The van der Waals surface area contributed by atoms with Gasteiger partial charge in [-0.05, 0) is 35.2 Å². The van der Waals surface area contributed by atoms with Gasteiger partial charge in [-0.25, -0.2) is 0 Å². The molecule has 2 aromatic carbocycles. The van der Waals surface area contributed by atoms with Crippen molar-refractivity contribution in [3.8, 4) is 0 Å². The van der Waals surface area contributed by atoms with E-state index < -0.39 is 0 Å². The van der Waals surface area contributed by atoms with Crippen LogP contribution in [0.4, 0.5) is 5.69 Å². The third kappa shape index (κ3) is 4.28. The number of nitrogens with one attached hydrogen (secondary N) is 1. The second-order valence-corrected chi connectivity index (χ2v) is 8.05. The van der Waals surface area contributed by atoms with Crippen LogP contribution in [0.5, 0.6) is 0 Å². The zero-order valence-electron chi connectivity index (χ0n) is 15.4. The van der Waals surface area contributed by atoms with Crippen molar-refractivity contribution in [2.45, 2.75) is 37.6 Å². The molecular formula is C21H24N2O2S. The monoisotopic (exact) mass is 368 g/mol. The molecule has 26 heavy (non-hydrogen) atoms. The van der Waals surface area contributed by atoms with E-state index in [2.05, 4.69) is 43.4 Å². The Morgan fingerprint density at radius 2 is 1.92 bits per heavy atom. The largest absolute Gasteiger partial charge is 0.337 e. The average molecular weight is 369 g/mol. The fourth-order valence-electron chi connectivity index (χ4n) is 2.93. The van der Waals surface area contributed by atoms with Crippen molar-refractivity contribution in [3.63, 3.8) is 0 Å². The van der Waals surface area contributed by atoms with Gasteiger partial charge >= 0.3 is 0 Å². The van der Waals surface area contributed by atoms with E-state index in [1.165, 1.54) is 5.56 Å². The normalized spacial score (nSPS) is 13.8. The number of benzene rings is 2. The van der Waals surface area contributed by atoms with Gasteiger partial charge in [-0.15, -0.1) is 11.8 Å². The van der Waals surface area contributed by atoms with Gasteiger partial charge in [0.25, 0.3) is 5.91 Å². The summed E-state index contributed by atoms with van der Waals surface area (Å²) in [6, 6.07) is 13.9. The van der Waals surface area contributed by atoms with E-state index >= 15 is 0 Å². The van der Waals surface area contributed by atoms with Crippen LogP contribution in [0.15, 0.2) is 47.4 Å². The van der Waals surface area contributed by atoms with Gasteiger partial charge in [0.2, 0.25) is 5.91 Å². The third-order valence-corrected chi connectivity index (χ3v) is 5.58. The van der Waals surface area contributed by atoms with Gasteiger partial charge in [0.1, 0.15) is 0 Å². The number of amides is 2. The van der Waals surface area contributed by atoms with Gasteiger partial charge in [-0.1, -0.05) is 38.1 Å². The molecule has 4 nitrogen and oxygen atoms in total. The summed E-state index contributed by atoms with van der Waals surface area (Å²) in [6.07, 6.45) is 0.495. The Labute approximate surface area is 159 Å². The summed E-state index contributed by atoms with van der Waals surface area (Å²) in [6.45, 7) is 4.88. The SMILES string of the molecule is CC(C)c1ccc(CN(C)C(=O)c2ccc3c(c2)NC(=O)CCS3)cc1. The summed E-state index contributed by atoms with van der Waals surface area (Å²) in [7, 11) is 1.80. The minimum atomic E-state index is -0.0516. The Balaban J connectivity index is 1.73. The molecule has 0 unspecified atom stereocenters. The predicted molar refractivity (Wildman–Crippen MR) is 107 cm³/mol. The quantitative estimate of drug-likeness (QED) is 0.863. The molecule has 2 aromatic rings. The molecule has 1 aliphatic heterocycles. The maximum atomic E-state index is 12.8. The molecule has 1 heterocycles. The number of hydrogen-bond donors (Lipinski definition) is 1. The van der Waals surface area contributed by atoms with E-state index in [1.54, 1.807) is 29.8 Å². The first-order valence-electron chi connectivity index (χ1n) is 8.85. The van der Waals surface area contributed by atoms with Crippen LogP contribution in [0.3, 0.4) is 0 Å². The van der Waals surface area contributed by atoms with Crippen molar-refractivity contribution in [3.05, 3.63) is 59.2 Å².